The maximum Gasteiger partial charge on any atom is 0.351 e. The number of methoxy groups -OCH3 is 1. The SMILES string of the molecule is COC(=O)C(Oc1ccccc1)c1ccc(OCCCCCN=c2ccccn2O)cc1. The molecule has 7 nitrogen and oxygen atoms in total. The van der Waals surface area contributed by atoms with Crippen molar-refractivity contribution >= 4 is 5.97 Å². The smallest absolute Gasteiger partial charge is 0.351 e. The van der Waals surface area contributed by atoms with Crippen LogP contribution >= 0.6 is 0 Å². The standard InChI is InChI=1S/C25H28N2O5/c1-30-25(28)24(32-22-10-4-2-5-11-22)20-13-15-21(16-14-20)31-19-9-3-7-17-26-23-12-6-8-18-27(23)29/h2,4-6,8,10-16,18,24,29H,3,7,9,17,19H2,1H3. The average molecular weight is 437 g/mol. The molecule has 0 fully saturated rings. The first-order chi connectivity index (χ1) is 15.7. The van der Waals surface area contributed by atoms with E-state index in [1.54, 1.807) is 30.5 Å². The van der Waals surface area contributed by atoms with Gasteiger partial charge >= 0.3 is 5.97 Å². The molecule has 3 aromatic rings. The highest BCUT2D eigenvalue weighted by Crippen LogP contribution is 2.25. The summed E-state index contributed by atoms with van der Waals surface area (Å²) in [4.78, 5) is 16.6. The van der Waals surface area contributed by atoms with E-state index in [1.807, 2.05) is 48.5 Å². The summed E-state index contributed by atoms with van der Waals surface area (Å²) in [5, 5.41) is 9.62. The van der Waals surface area contributed by atoms with Crippen LogP contribution in [0.1, 0.15) is 30.9 Å². The van der Waals surface area contributed by atoms with Crippen LogP contribution in [-0.2, 0) is 9.53 Å². The summed E-state index contributed by atoms with van der Waals surface area (Å²) in [6.07, 6.45) is 3.48. The van der Waals surface area contributed by atoms with Crippen molar-refractivity contribution in [2.45, 2.75) is 25.4 Å². The molecule has 0 aliphatic carbocycles. The van der Waals surface area contributed by atoms with Crippen LogP contribution in [-0.4, -0.2) is 36.2 Å². The third-order valence-electron chi connectivity index (χ3n) is 4.76. The second-order valence-corrected chi connectivity index (χ2v) is 7.10. The highest BCUT2D eigenvalue weighted by molar-refractivity contribution is 5.77. The number of pyridine rings is 1. The van der Waals surface area contributed by atoms with Crippen LogP contribution in [0, 0.1) is 0 Å². The molecular formula is C25H28N2O5. The van der Waals surface area contributed by atoms with Crippen LogP contribution in [0.5, 0.6) is 11.5 Å². The zero-order chi connectivity index (χ0) is 22.6. The molecule has 1 aromatic heterocycles. The molecular weight excluding hydrogens is 408 g/mol. The highest BCUT2D eigenvalue weighted by atomic mass is 16.6. The zero-order valence-electron chi connectivity index (χ0n) is 18.1. The number of hydrogen-bond acceptors (Lipinski definition) is 6. The van der Waals surface area contributed by atoms with Crippen molar-refractivity contribution in [2.75, 3.05) is 20.3 Å². The molecule has 0 bridgehead atoms. The van der Waals surface area contributed by atoms with E-state index < -0.39 is 12.1 Å². The van der Waals surface area contributed by atoms with Gasteiger partial charge < -0.3 is 19.4 Å². The monoisotopic (exact) mass is 436 g/mol. The van der Waals surface area contributed by atoms with Crippen LogP contribution in [0.2, 0.25) is 0 Å². The summed E-state index contributed by atoms with van der Waals surface area (Å²) >= 11 is 0. The summed E-state index contributed by atoms with van der Waals surface area (Å²) in [6.45, 7) is 1.24. The van der Waals surface area contributed by atoms with E-state index in [0.29, 0.717) is 30.0 Å². The average Bonchev–Trinajstić information content (AvgIpc) is 2.83. The first-order valence-corrected chi connectivity index (χ1v) is 10.6. The van der Waals surface area contributed by atoms with Gasteiger partial charge in [-0.15, -0.1) is 0 Å². The number of esters is 1. The van der Waals surface area contributed by atoms with Gasteiger partial charge in [0.25, 0.3) is 0 Å². The molecule has 1 heterocycles. The number of carbonyl (C=O) groups excluding carboxylic acids is 1. The molecule has 32 heavy (non-hydrogen) atoms. The summed E-state index contributed by atoms with van der Waals surface area (Å²) in [5.41, 5.74) is 1.24. The van der Waals surface area contributed by atoms with Crippen molar-refractivity contribution in [2.24, 2.45) is 4.99 Å². The fourth-order valence-electron chi connectivity index (χ4n) is 3.06. The third kappa shape index (κ3) is 6.91. The van der Waals surface area contributed by atoms with Crippen molar-refractivity contribution in [3.63, 3.8) is 0 Å². The molecule has 0 amide bonds. The van der Waals surface area contributed by atoms with Gasteiger partial charge in [0.15, 0.2) is 5.49 Å². The quantitative estimate of drug-likeness (QED) is 0.277. The zero-order valence-corrected chi connectivity index (χ0v) is 18.1. The number of ether oxygens (including phenoxy) is 3. The molecule has 168 valence electrons. The first kappa shape index (κ1) is 22.9. The lowest BCUT2D eigenvalue weighted by Gasteiger charge is -2.17. The van der Waals surface area contributed by atoms with E-state index in [1.165, 1.54) is 7.11 Å². The fraction of sp³-hybridized carbons (Fsp3) is 0.280. The van der Waals surface area contributed by atoms with Gasteiger partial charge in [0.1, 0.15) is 11.5 Å². The van der Waals surface area contributed by atoms with Gasteiger partial charge in [-0.05, 0) is 55.7 Å². The summed E-state index contributed by atoms with van der Waals surface area (Å²) < 4.78 is 17.5. The Morgan fingerprint density at radius 1 is 0.938 bits per heavy atom. The van der Waals surface area contributed by atoms with Crippen LogP contribution in [0.3, 0.4) is 0 Å². The van der Waals surface area contributed by atoms with Crippen LogP contribution in [0.4, 0.5) is 0 Å². The van der Waals surface area contributed by atoms with Gasteiger partial charge in [0, 0.05) is 18.3 Å². The molecule has 0 radical (unpaired) electrons. The van der Waals surface area contributed by atoms with Gasteiger partial charge in [-0.2, -0.15) is 4.73 Å². The Labute approximate surface area is 187 Å². The summed E-state index contributed by atoms with van der Waals surface area (Å²) in [5.74, 6) is 0.860. The third-order valence-corrected chi connectivity index (χ3v) is 4.76. The molecule has 1 N–H and O–H groups in total. The van der Waals surface area contributed by atoms with Gasteiger partial charge in [-0.3, -0.25) is 4.99 Å². The predicted molar refractivity (Wildman–Crippen MR) is 120 cm³/mol. The maximum absolute atomic E-state index is 12.2. The number of aromatic nitrogens is 1. The molecule has 0 spiro atoms. The molecule has 0 saturated heterocycles. The molecule has 2 aromatic carbocycles. The number of carbonyl (C=O) groups is 1. The van der Waals surface area contributed by atoms with Crippen LogP contribution in [0.15, 0.2) is 84.0 Å². The number of benzene rings is 2. The van der Waals surface area contributed by atoms with Crippen molar-refractivity contribution in [3.05, 3.63) is 90.0 Å². The van der Waals surface area contributed by atoms with E-state index >= 15 is 0 Å². The fourth-order valence-corrected chi connectivity index (χ4v) is 3.06. The van der Waals surface area contributed by atoms with Crippen LogP contribution < -0.4 is 15.0 Å². The molecule has 0 aliphatic heterocycles. The molecule has 3 rings (SSSR count). The molecule has 1 unspecified atom stereocenters. The Hall–Kier alpha value is -3.74. The minimum Gasteiger partial charge on any atom is -0.494 e. The second-order valence-electron chi connectivity index (χ2n) is 7.10. The lowest BCUT2D eigenvalue weighted by molar-refractivity contribution is -0.149. The minimum absolute atomic E-state index is 0.463. The van der Waals surface area contributed by atoms with Gasteiger partial charge in [0.05, 0.1) is 13.7 Å². The lowest BCUT2D eigenvalue weighted by atomic mass is 10.1. The number of para-hydroxylation sites is 1. The van der Waals surface area contributed by atoms with Crippen molar-refractivity contribution < 1.29 is 24.2 Å². The second kappa shape index (κ2) is 12.2. The van der Waals surface area contributed by atoms with Crippen LogP contribution in [0.25, 0.3) is 0 Å². The highest BCUT2D eigenvalue weighted by Gasteiger charge is 2.23. The predicted octanol–water partition coefficient (Wildman–Crippen LogP) is 4.17. The molecule has 1 atom stereocenters. The first-order valence-electron chi connectivity index (χ1n) is 10.6. The maximum atomic E-state index is 12.2. The van der Waals surface area contributed by atoms with Gasteiger partial charge in [-0.1, -0.05) is 36.4 Å². The molecule has 7 heteroatoms. The largest absolute Gasteiger partial charge is 0.494 e. The number of rotatable bonds is 11. The molecule has 0 aliphatic rings. The lowest BCUT2D eigenvalue weighted by Crippen LogP contribution is -2.20. The Kier molecular flexibility index (Phi) is 8.74. The van der Waals surface area contributed by atoms with Crippen molar-refractivity contribution in [3.8, 4) is 11.5 Å². The van der Waals surface area contributed by atoms with Gasteiger partial charge in [-0.25, -0.2) is 4.79 Å². The number of hydrogen-bond donors (Lipinski definition) is 1. The normalized spacial score (nSPS) is 12.2. The summed E-state index contributed by atoms with van der Waals surface area (Å²) in [6, 6.07) is 21.8. The van der Waals surface area contributed by atoms with E-state index in [2.05, 4.69) is 4.99 Å². The van der Waals surface area contributed by atoms with Crippen molar-refractivity contribution in [1.29, 1.82) is 0 Å². The van der Waals surface area contributed by atoms with E-state index in [9.17, 15) is 10.0 Å². The Morgan fingerprint density at radius 2 is 1.69 bits per heavy atom. The van der Waals surface area contributed by atoms with E-state index in [0.717, 1.165) is 29.7 Å². The summed E-state index contributed by atoms with van der Waals surface area (Å²) in [7, 11) is 1.34. The number of unbranched alkanes of at least 4 members (excludes halogenated alkanes) is 2. The topological polar surface area (TPSA) is 82.3 Å². The van der Waals surface area contributed by atoms with E-state index in [-0.39, 0.29) is 0 Å². The van der Waals surface area contributed by atoms with Gasteiger partial charge in [0.2, 0.25) is 6.10 Å². The van der Waals surface area contributed by atoms with Crippen molar-refractivity contribution in [1.82, 2.24) is 4.73 Å². The number of nitrogens with zero attached hydrogens (tertiary/aromatic N) is 2. The Bertz CT molecular complexity index is 1030. The Balaban J connectivity index is 1.44. The Morgan fingerprint density at radius 3 is 2.41 bits per heavy atom. The van der Waals surface area contributed by atoms with E-state index in [4.69, 9.17) is 14.2 Å². The molecule has 0 saturated carbocycles. The minimum atomic E-state index is -0.845.